The Balaban J connectivity index is 1.57. The van der Waals surface area contributed by atoms with Gasteiger partial charge in [0.25, 0.3) is 0 Å². The third-order valence-corrected chi connectivity index (χ3v) is 8.75. The minimum Gasteiger partial charge on any atom is -0.353 e. The molecule has 0 bridgehead atoms. The van der Waals surface area contributed by atoms with Gasteiger partial charge in [-0.2, -0.15) is 4.31 Å². The second-order valence-electron chi connectivity index (χ2n) is 9.07. The van der Waals surface area contributed by atoms with Crippen LogP contribution in [0.2, 0.25) is 0 Å². The molecule has 0 spiro atoms. The molecular weight excluding hydrogens is 438 g/mol. The van der Waals surface area contributed by atoms with E-state index in [0.29, 0.717) is 11.1 Å². The summed E-state index contributed by atoms with van der Waals surface area (Å²) in [6.07, 6.45) is 2.56. The van der Waals surface area contributed by atoms with Crippen LogP contribution in [0.5, 0.6) is 0 Å². The van der Waals surface area contributed by atoms with Crippen molar-refractivity contribution in [2.24, 2.45) is 0 Å². The molecule has 0 radical (unpaired) electrons. The highest BCUT2D eigenvalue weighted by Crippen LogP contribution is 2.31. The number of carbonyl (C=O) groups is 2. The van der Waals surface area contributed by atoms with Gasteiger partial charge < -0.3 is 10.6 Å². The smallest absolute Gasteiger partial charge is 0.244 e. The third kappa shape index (κ3) is 4.68. The summed E-state index contributed by atoms with van der Waals surface area (Å²) >= 11 is 0. The van der Waals surface area contributed by atoms with Crippen molar-refractivity contribution in [2.75, 3.05) is 13.1 Å². The first kappa shape index (κ1) is 23.4. The Kier molecular flexibility index (Phi) is 6.59. The minimum absolute atomic E-state index is 0.124. The molecule has 1 aliphatic heterocycles. The van der Waals surface area contributed by atoms with Crippen molar-refractivity contribution >= 4 is 21.8 Å². The number of amides is 2. The molecule has 1 saturated heterocycles. The SMILES string of the molecule is Cc1cc(C)c(S(=O)(=O)N2CCNC(=O)C2CC(=O)NC2CCCc3ccccc32)c(C)c1. The summed E-state index contributed by atoms with van der Waals surface area (Å²) < 4.78 is 28.5. The highest BCUT2D eigenvalue weighted by molar-refractivity contribution is 7.89. The lowest BCUT2D eigenvalue weighted by Crippen LogP contribution is -2.58. The normalized spacial score (nSPS) is 21.2. The van der Waals surface area contributed by atoms with E-state index in [2.05, 4.69) is 16.7 Å². The molecule has 1 aliphatic carbocycles. The molecule has 2 aliphatic rings. The average molecular weight is 470 g/mol. The highest BCUT2D eigenvalue weighted by Gasteiger charge is 2.41. The zero-order chi connectivity index (χ0) is 23.8. The van der Waals surface area contributed by atoms with Crippen molar-refractivity contribution in [3.05, 3.63) is 64.2 Å². The van der Waals surface area contributed by atoms with E-state index in [9.17, 15) is 18.0 Å². The van der Waals surface area contributed by atoms with Gasteiger partial charge in [0.05, 0.1) is 17.4 Å². The number of hydrogen-bond donors (Lipinski definition) is 2. The molecule has 2 aromatic rings. The molecule has 1 heterocycles. The van der Waals surface area contributed by atoms with Crippen molar-refractivity contribution in [3.63, 3.8) is 0 Å². The van der Waals surface area contributed by atoms with Crippen molar-refractivity contribution < 1.29 is 18.0 Å². The van der Waals surface area contributed by atoms with E-state index in [1.54, 1.807) is 13.8 Å². The number of sulfonamides is 1. The fourth-order valence-electron chi connectivity index (χ4n) is 5.20. The van der Waals surface area contributed by atoms with Crippen LogP contribution in [0.1, 0.15) is 53.1 Å². The lowest BCUT2D eigenvalue weighted by Gasteiger charge is -2.35. The second kappa shape index (κ2) is 9.27. The first-order chi connectivity index (χ1) is 15.7. The molecule has 7 nitrogen and oxygen atoms in total. The predicted octanol–water partition coefficient (Wildman–Crippen LogP) is 2.68. The maximum atomic E-state index is 13.6. The topological polar surface area (TPSA) is 95.6 Å². The Morgan fingerprint density at radius 1 is 1.15 bits per heavy atom. The van der Waals surface area contributed by atoms with Gasteiger partial charge in [-0.05, 0) is 62.3 Å². The van der Waals surface area contributed by atoms with E-state index in [0.717, 1.165) is 30.4 Å². The van der Waals surface area contributed by atoms with E-state index in [1.807, 2.05) is 37.3 Å². The van der Waals surface area contributed by atoms with Gasteiger partial charge in [-0.1, -0.05) is 42.0 Å². The second-order valence-corrected chi connectivity index (χ2v) is 10.9. The third-order valence-electron chi connectivity index (χ3n) is 6.54. The lowest BCUT2D eigenvalue weighted by atomic mass is 9.87. The van der Waals surface area contributed by atoms with Gasteiger partial charge in [-0.3, -0.25) is 9.59 Å². The molecule has 1 fully saturated rings. The summed E-state index contributed by atoms with van der Waals surface area (Å²) in [5, 5.41) is 5.77. The Bertz CT molecular complexity index is 1170. The van der Waals surface area contributed by atoms with Crippen molar-refractivity contribution in [2.45, 2.75) is 63.4 Å². The van der Waals surface area contributed by atoms with E-state index in [1.165, 1.54) is 9.87 Å². The molecule has 2 aromatic carbocycles. The first-order valence-corrected chi connectivity index (χ1v) is 12.9. The van der Waals surface area contributed by atoms with E-state index >= 15 is 0 Å². The van der Waals surface area contributed by atoms with Gasteiger partial charge in [0.2, 0.25) is 21.8 Å². The molecule has 2 N–H and O–H groups in total. The van der Waals surface area contributed by atoms with Gasteiger partial charge in [0, 0.05) is 13.1 Å². The summed E-state index contributed by atoms with van der Waals surface area (Å²) in [5.74, 6) is -0.761. The van der Waals surface area contributed by atoms with Crippen LogP contribution in [0.3, 0.4) is 0 Å². The van der Waals surface area contributed by atoms with Crippen LogP contribution in [0.4, 0.5) is 0 Å². The highest BCUT2D eigenvalue weighted by atomic mass is 32.2. The van der Waals surface area contributed by atoms with Crippen LogP contribution in [0.25, 0.3) is 0 Å². The number of carbonyl (C=O) groups excluding carboxylic acids is 2. The molecule has 0 saturated carbocycles. The molecule has 0 aromatic heterocycles. The lowest BCUT2D eigenvalue weighted by molar-refractivity contribution is -0.132. The molecule has 2 atom stereocenters. The number of fused-ring (bicyclic) bond motifs is 1. The fourth-order valence-corrected chi connectivity index (χ4v) is 7.20. The molecule has 4 rings (SSSR count). The van der Waals surface area contributed by atoms with Crippen LogP contribution >= 0.6 is 0 Å². The van der Waals surface area contributed by atoms with Gasteiger partial charge in [0.15, 0.2) is 0 Å². The standard InChI is InChI=1S/C25H31N3O4S/c1-16-13-17(2)24(18(3)14-16)33(31,32)28-12-11-26-25(30)22(28)15-23(29)27-21-10-6-8-19-7-4-5-9-20(19)21/h4-5,7,9,13-14,21-22H,6,8,10-12,15H2,1-3H3,(H,26,30)(H,27,29). The summed E-state index contributed by atoms with van der Waals surface area (Å²) in [6.45, 7) is 5.79. The largest absolute Gasteiger partial charge is 0.353 e. The van der Waals surface area contributed by atoms with E-state index in [-0.39, 0.29) is 36.4 Å². The zero-order valence-electron chi connectivity index (χ0n) is 19.3. The zero-order valence-corrected chi connectivity index (χ0v) is 20.2. The maximum Gasteiger partial charge on any atom is 0.244 e. The molecule has 8 heteroatoms. The summed E-state index contributed by atoms with van der Waals surface area (Å²) in [6, 6.07) is 10.5. The molecule has 33 heavy (non-hydrogen) atoms. The van der Waals surface area contributed by atoms with E-state index in [4.69, 9.17) is 0 Å². The van der Waals surface area contributed by atoms with E-state index < -0.39 is 22.0 Å². The number of nitrogens with one attached hydrogen (secondary N) is 2. The maximum absolute atomic E-state index is 13.6. The number of aryl methyl sites for hydroxylation is 4. The monoisotopic (exact) mass is 469 g/mol. The summed E-state index contributed by atoms with van der Waals surface area (Å²) in [5.41, 5.74) is 4.57. The Labute approximate surface area is 195 Å². The van der Waals surface area contributed by atoms with Gasteiger partial charge in [0.1, 0.15) is 6.04 Å². The van der Waals surface area contributed by atoms with Crippen LogP contribution in [0.15, 0.2) is 41.3 Å². The average Bonchev–Trinajstić information content (AvgIpc) is 2.74. The van der Waals surface area contributed by atoms with Gasteiger partial charge >= 0.3 is 0 Å². The summed E-state index contributed by atoms with van der Waals surface area (Å²) in [7, 11) is -3.96. The Hall–Kier alpha value is -2.71. The predicted molar refractivity (Wildman–Crippen MR) is 126 cm³/mol. The first-order valence-electron chi connectivity index (χ1n) is 11.4. The van der Waals surface area contributed by atoms with Crippen LogP contribution < -0.4 is 10.6 Å². The number of hydrogen-bond acceptors (Lipinski definition) is 4. The molecule has 2 unspecified atom stereocenters. The van der Waals surface area contributed by atoms with Crippen LogP contribution in [0, 0.1) is 20.8 Å². The number of nitrogens with zero attached hydrogens (tertiary/aromatic N) is 1. The Morgan fingerprint density at radius 2 is 1.85 bits per heavy atom. The number of benzene rings is 2. The molecule has 2 amide bonds. The summed E-state index contributed by atoms with van der Waals surface area (Å²) in [4.78, 5) is 26.0. The number of rotatable bonds is 5. The van der Waals surface area contributed by atoms with Crippen LogP contribution in [-0.4, -0.2) is 43.7 Å². The molecular formula is C25H31N3O4S. The number of piperazine rings is 1. The van der Waals surface area contributed by atoms with Crippen molar-refractivity contribution in [1.29, 1.82) is 0 Å². The fraction of sp³-hybridized carbons (Fsp3) is 0.440. The van der Waals surface area contributed by atoms with Crippen molar-refractivity contribution in [3.8, 4) is 0 Å². The van der Waals surface area contributed by atoms with Gasteiger partial charge in [-0.25, -0.2) is 8.42 Å². The van der Waals surface area contributed by atoms with Crippen LogP contribution in [-0.2, 0) is 26.0 Å². The quantitative estimate of drug-likeness (QED) is 0.704. The Morgan fingerprint density at radius 3 is 2.58 bits per heavy atom. The van der Waals surface area contributed by atoms with Gasteiger partial charge in [-0.15, -0.1) is 0 Å². The molecule has 176 valence electrons. The minimum atomic E-state index is -3.96. The van der Waals surface area contributed by atoms with Crippen molar-refractivity contribution in [1.82, 2.24) is 14.9 Å².